The number of benzene rings is 1. The van der Waals surface area contributed by atoms with Gasteiger partial charge in [0.05, 0.1) is 22.9 Å². The van der Waals surface area contributed by atoms with Crippen molar-refractivity contribution in [3.05, 3.63) is 52.5 Å². The first-order valence-corrected chi connectivity index (χ1v) is 13.4. The summed E-state index contributed by atoms with van der Waals surface area (Å²) in [5, 5.41) is 14.7. The number of amides is 1. The van der Waals surface area contributed by atoms with Gasteiger partial charge in [-0.1, -0.05) is 0 Å². The van der Waals surface area contributed by atoms with Crippen LogP contribution in [0.2, 0.25) is 0 Å². The fourth-order valence-electron chi connectivity index (χ4n) is 4.02. The third kappa shape index (κ3) is 5.01. The number of hydrogen-bond acceptors (Lipinski definition) is 8. The van der Waals surface area contributed by atoms with Crippen molar-refractivity contribution in [1.29, 1.82) is 0 Å². The predicted octanol–water partition coefficient (Wildman–Crippen LogP) is 2.43. The molecule has 0 bridgehead atoms. The number of amidine groups is 1. The van der Waals surface area contributed by atoms with E-state index in [1.807, 2.05) is 23.4 Å². The minimum atomic E-state index is -3.60. The Morgan fingerprint density at radius 2 is 1.86 bits per heavy atom. The Bertz CT molecular complexity index is 1260. The van der Waals surface area contributed by atoms with E-state index in [2.05, 4.69) is 22.0 Å². The standard InChI is InChI=1S/C23H28N6O4S2/c1-24-14-20-22(27(2)19-10-13-34-21(19)23(31)28(20)3)26-15-25-16-4-6-18(7-5-16)35(32,33)29-11-8-17(30)9-12-29/h4-7,10,13-14,17,25,30H,1,8-9,11-12,15H2,2-3H3. The van der Waals surface area contributed by atoms with Gasteiger partial charge in [-0.05, 0) is 55.3 Å². The maximum absolute atomic E-state index is 12.9. The third-order valence-electron chi connectivity index (χ3n) is 6.05. The zero-order valence-corrected chi connectivity index (χ0v) is 21.2. The second-order valence-corrected chi connectivity index (χ2v) is 11.1. The number of piperidine rings is 1. The molecule has 0 saturated carbocycles. The smallest absolute Gasteiger partial charge is 0.270 e. The Morgan fingerprint density at radius 3 is 2.51 bits per heavy atom. The largest absolute Gasteiger partial charge is 0.393 e. The first-order chi connectivity index (χ1) is 16.7. The number of aliphatic imine (C=N–C) groups is 2. The highest BCUT2D eigenvalue weighted by molar-refractivity contribution is 7.89. The van der Waals surface area contributed by atoms with E-state index in [0.717, 1.165) is 5.69 Å². The van der Waals surface area contributed by atoms with Crippen LogP contribution in [-0.2, 0) is 10.0 Å². The van der Waals surface area contributed by atoms with Crippen LogP contribution < -0.4 is 10.2 Å². The number of aliphatic hydroxyl groups excluding tert-OH is 1. The molecule has 35 heavy (non-hydrogen) atoms. The summed E-state index contributed by atoms with van der Waals surface area (Å²) in [5.41, 5.74) is 1.98. The topological polar surface area (TPSA) is 118 Å². The number of hydrogen-bond donors (Lipinski definition) is 2. The molecule has 1 aromatic heterocycles. The fraction of sp³-hybridized carbons (Fsp3) is 0.348. The monoisotopic (exact) mass is 516 g/mol. The van der Waals surface area contributed by atoms with Crippen LogP contribution in [0.4, 0.5) is 11.4 Å². The summed E-state index contributed by atoms with van der Waals surface area (Å²) >= 11 is 1.37. The molecule has 0 radical (unpaired) electrons. The van der Waals surface area contributed by atoms with Crippen molar-refractivity contribution >= 4 is 51.2 Å². The normalized spacial score (nSPS) is 20.3. The highest BCUT2D eigenvalue weighted by Gasteiger charge is 2.32. The van der Waals surface area contributed by atoms with Crippen LogP contribution in [0.25, 0.3) is 0 Å². The summed E-state index contributed by atoms with van der Waals surface area (Å²) < 4.78 is 27.2. The minimum Gasteiger partial charge on any atom is -0.393 e. The summed E-state index contributed by atoms with van der Waals surface area (Å²) in [4.78, 5) is 25.6. The molecule has 2 N–H and O–H groups in total. The van der Waals surface area contributed by atoms with Crippen LogP contribution in [0.1, 0.15) is 22.5 Å². The average molecular weight is 517 g/mol. The first kappa shape index (κ1) is 25.0. The lowest BCUT2D eigenvalue weighted by Crippen LogP contribution is -2.39. The van der Waals surface area contributed by atoms with Gasteiger partial charge in [-0.2, -0.15) is 4.31 Å². The maximum atomic E-state index is 12.9. The van der Waals surface area contributed by atoms with Gasteiger partial charge in [-0.3, -0.25) is 9.79 Å². The summed E-state index contributed by atoms with van der Waals surface area (Å²) in [5.74, 6) is 0.402. The Balaban J connectivity index is 1.50. The molecule has 2 aliphatic heterocycles. The summed E-state index contributed by atoms with van der Waals surface area (Å²) in [7, 11) is -0.0850. The van der Waals surface area contributed by atoms with Crippen molar-refractivity contribution in [3.8, 4) is 0 Å². The van der Waals surface area contributed by atoms with Crippen LogP contribution >= 0.6 is 11.3 Å². The zero-order chi connectivity index (χ0) is 25.2. The van der Waals surface area contributed by atoms with Crippen LogP contribution in [0.15, 0.2) is 62.5 Å². The van der Waals surface area contributed by atoms with Crippen molar-refractivity contribution in [2.75, 3.05) is 44.1 Å². The average Bonchev–Trinajstić information content (AvgIpc) is 3.33. The Kier molecular flexibility index (Phi) is 7.36. The van der Waals surface area contributed by atoms with Gasteiger partial charge in [0.2, 0.25) is 10.0 Å². The minimum absolute atomic E-state index is 0.144. The molecule has 10 nitrogen and oxygen atoms in total. The highest BCUT2D eigenvalue weighted by atomic mass is 32.2. The van der Waals surface area contributed by atoms with Gasteiger partial charge in [0.25, 0.3) is 5.91 Å². The number of nitrogens with one attached hydrogen (secondary N) is 1. The van der Waals surface area contributed by atoms with Gasteiger partial charge in [0, 0.05) is 32.9 Å². The molecule has 0 atom stereocenters. The molecular formula is C23H28N6O4S2. The zero-order valence-electron chi connectivity index (χ0n) is 19.6. The van der Waals surface area contributed by atoms with E-state index < -0.39 is 16.1 Å². The lowest BCUT2D eigenvalue weighted by molar-refractivity contribution is 0.0849. The van der Waals surface area contributed by atoms with E-state index in [4.69, 9.17) is 0 Å². The summed E-state index contributed by atoms with van der Waals surface area (Å²) in [6.45, 7) is 4.33. The van der Waals surface area contributed by atoms with Crippen LogP contribution in [0.5, 0.6) is 0 Å². The molecule has 1 aromatic carbocycles. The number of carbonyl (C=O) groups excluding carboxylic acids is 1. The molecule has 186 valence electrons. The second kappa shape index (κ2) is 10.3. The van der Waals surface area contributed by atoms with Crippen LogP contribution in [0.3, 0.4) is 0 Å². The van der Waals surface area contributed by atoms with Crippen molar-refractivity contribution < 1.29 is 18.3 Å². The second-order valence-electron chi connectivity index (χ2n) is 8.23. The van der Waals surface area contributed by atoms with E-state index in [1.165, 1.54) is 26.7 Å². The molecule has 12 heteroatoms. The van der Waals surface area contributed by atoms with E-state index in [1.54, 1.807) is 31.3 Å². The fourth-order valence-corrected chi connectivity index (χ4v) is 6.39. The number of rotatable bonds is 6. The number of carbonyl (C=O) groups is 1. The Morgan fingerprint density at radius 1 is 1.17 bits per heavy atom. The van der Waals surface area contributed by atoms with Gasteiger partial charge < -0.3 is 20.2 Å². The SMILES string of the molecule is C=NC=C1C(=NCNc2ccc(S(=O)(=O)N3CCC(O)CC3)cc2)N(C)c2ccsc2C(=O)N1C. The third-order valence-corrected chi connectivity index (χ3v) is 8.86. The molecule has 2 aliphatic rings. The quantitative estimate of drug-likeness (QED) is 0.570. The van der Waals surface area contributed by atoms with Gasteiger partial charge in [-0.25, -0.2) is 13.4 Å². The molecule has 1 fully saturated rings. The van der Waals surface area contributed by atoms with E-state index in [-0.39, 0.29) is 17.5 Å². The number of likely N-dealkylation sites (N-methyl/N-ethyl adjacent to an activating group) is 2. The van der Waals surface area contributed by atoms with Crippen molar-refractivity contribution in [1.82, 2.24) is 9.21 Å². The molecule has 0 aliphatic carbocycles. The van der Waals surface area contributed by atoms with Crippen LogP contribution in [-0.4, -0.2) is 81.1 Å². The number of nitrogens with zero attached hydrogens (tertiary/aromatic N) is 5. The molecule has 4 rings (SSSR count). The number of anilines is 2. The lowest BCUT2D eigenvalue weighted by atomic mass is 10.1. The van der Waals surface area contributed by atoms with Gasteiger partial charge in [0.15, 0.2) is 5.84 Å². The maximum Gasteiger partial charge on any atom is 0.270 e. The van der Waals surface area contributed by atoms with Gasteiger partial charge >= 0.3 is 0 Å². The molecule has 2 aromatic rings. The summed E-state index contributed by atoms with van der Waals surface area (Å²) in [6.07, 6.45) is 1.95. The Hall–Kier alpha value is -3.06. The summed E-state index contributed by atoms with van der Waals surface area (Å²) in [6, 6.07) is 8.38. The lowest BCUT2D eigenvalue weighted by Gasteiger charge is -2.28. The number of sulfonamides is 1. The molecular weight excluding hydrogens is 488 g/mol. The van der Waals surface area contributed by atoms with Crippen LogP contribution in [0, 0.1) is 0 Å². The predicted molar refractivity (Wildman–Crippen MR) is 139 cm³/mol. The van der Waals surface area contributed by atoms with Crippen molar-refractivity contribution in [2.45, 2.75) is 23.8 Å². The van der Waals surface area contributed by atoms with E-state index in [9.17, 15) is 18.3 Å². The van der Waals surface area contributed by atoms with Crippen molar-refractivity contribution in [3.63, 3.8) is 0 Å². The first-order valence-electron chi connectivity index (χ1n) is 11.1. The Labute approximate surface area is 209 Å². The van der Waals surface area contributed by atoms with E-state index >= 15 is 0 Å². The number of aliphatic hydroxyl groups is 1. The number of thiophene rings is 1. The number of fused-ring (bicyclic) bond motifs is 1. The molecule has 1 saturated heterocycles. The molecule has 0 unspecified atom stereocenters. The van der Waals surface area contributed by atoms with Crippen molar-refractivity contribution in [2.24, 2.45) is 9.98 Å². The van der Waals surface area contributed by atoms with E-state index in [0.29, 0.717) is 48.0 Å². The van der Waals surface area contributed by atoms with Gasteiger partial charge in [0.1, 0.15) is 17.2 Å². The molecule has 3 heterocycles. The highest BCUT2D eigenvalue weighted by Crippen LogP contribution is 2.32. The molecule has 1 amide bonds. The molecule has 0 spiro atoms. The van der Waals surface area contributed by atoms with Gasteiger partial charge in [-0.15, -0.1) is 11.3 Å².